The molecule has 1 aliphatic carbocycles. The lowest BCUT2D eigenvalue weighted by Gasteiger charge is -2.11. The Morgan fingerprint density at radius 3 is 2.25 bits per heavy atom. The van der Waals surface area contributed by atoms with Crippen molar-refractivity contribution in [3.8, 4) is 0 Å². The third-order valence-electron chi connectivity index (χ3n) is 4.85. The first-order valence-corrected chi connectivity index (χ1v) is 9.65. The van der Waals surface area contributed by atoms with E-state index in [1.54, 1.807) is 37.4 Å². The van der Waals surface area contributed by atoms with E-state index in [4.69, 9.17) is 10.5 Å². The molecule has 0 bridgehead atoms. The number of methoxy groups -OCH3 is 1. The van der Waals surface area contributed by atoms with Gasteiger partial charge in [-0.2, -0.15) is 0 Å². The van der Waals surface area contributed by atoms with Crippen molar-refractivity contribution >= 4 is 9.84 Å². The Hall–Kier alpha value is -1.69. The molecule has 0 radical (unpaired) electrons. The molecule has 1 saturated carbocycles. The second kappa shape index (κ2) is 6.31. The van der Waals surface area contributed by atoms with Gasteiger partial charge in [0.2, 0.25) is 0 Å². The summed E-state index contributed by atoms with van der Waals surface area (Å²) in [6.45, 7) is 2.30. The number of rotatable bonds is 6. The number of hydrogen-bond donors (Lipinski definition) is 1. The fraction of sp³-hybridized carbons (Fsp3) is 0.368. The van der Waals surface area contributed by atoms with Crippen molar-refractivity contribution in [3.05, 3.63) is 65.7 Å². The van der Waals surface area contributed by atoms with Crippen molar-refractivity contribution in [1.29, 1.82) is 0 Å². The quantitative estimate of drug-likeness (QED) is 0.873. The van der Waals surface area contributed by atoms with Gasteiger partial charge in [0.05, 0.1) is 22.3 Å². The van der Waals surface area contributed by atoms with Gasteiger partial charge < -0.3 is 10.5 Å². The number of aryl methyl sites for hydroxylation is 1. The molecule has 3 rings (SSSR count). The molecule has 1 aliphatic rings. The smallest absolute Gasteiger partial charge is 0.183 e. The van der Waals surface area contributed by atoms with Crippen molar-refractivity contribution < 1.29 is 13.2 Å². The van der Waals surface area contributed by atoms with Crippen molar-refractivity contribution in [3.63, 3.8) is 0 Å². The topological polar surface area (TPSA) is 69.4 Å². The highest BCUT2D eigenvalue weighted by Gasteiger charge is 2.69. The fourth-order valence-corrected chi connectivity index (χ4v) is 5.83. The summed E-state index contributed by atoms with van der Waals surface area (Å²) in [5.41, 5.74) is 7.75. The van der Waals surface area contributed by atoms with Crippen LogP contribution in [0, 0.1) is 0 Å². The summed E-state index contributed by atoms with van der Waals surface area (Å²) in [6, 6.07) is 16.6. The van der Waals surface area contributed by atoms with Gasteiger partial charge in [-0.15, -0.1) is 0 Å². The van der Waals surface area contributed by atoms with Crippen molar-refractivity contribution in [2.45, 2.75) is 34.9 Å². The molecule has 0 unspecified atom stereocenters. The van der Waals surface area contributed by atoms with Crippen LogP contribution in [-0.2, 0) is 21.0 Å². The van der Waals surface area contributed by atoms with Crippen LogP contribution in [-0.4, -0.2) is 32.9 Å². The molecule has 128 valence electrons. The van der Waals surface area contributed by atoms with E-state index >= 15 is 0 Å². The van der Waals surface area contributed by atoms with Gasteiger partial charge in [0.25, 0.3) is 0 Å². The molecule has 0 saturated heterocycles. The first-order valence-electron chi connectivity index (χ1n) is 8.10. The molecule has 24 heavy (non-hydrogen) atoms. The number of sulfone groups is 1. The van der Waals surface area contributed by atoms with Crippen LogP contribution < -0.4 is 5.73 Å². The predicted molar refractivity (Wildman–Crippen MR) is 94.8 cm³/mol. The molecule has 1 fully saturated rings. The molecule has 0 aromatic heterocycles. The molecule has 0 heterocycles. The van der Waals surface area contributed by atoms with Crippen molar-refractivity contribution in [2.24, 2.45) is 5.73 Å². The summed E-state index contributed by atoms with van der Waals surface area (Å²) in [4.78, 5) is 0.314. The average molecular weight is 345 g/mol. The van der Waals surface area contributed by atoms with E-state index in [1.807, 2.05) is 24.3 Å². The number of ether oxygens (including phenoxy) is 1. The molecule has 2 aromatic carbocycles. The zero-order chi connectivity index (χ0) is 17.4. The molecule has 2 aromatic rings. The molecule has 2 N–H and O–H groups in total. The van der Waals surface area contributed by atoms with E-state index in [2.05, 4.69) is 6.92 Å². The summed E-state index contributed by atoms with van der Waals surface area (Å²) >= 11 is 0. The van der Waals surface area contributed by atoms with Crippen molar-refractivity contribution in [1.82, 2.24) is 0 Å². The van der Waals surface area contributed by atoms with Crippen LogP contribution >= 0.6 is 0 Å². The van der Waals surface area contributed by atoms with Crippen LogP contribution in [0.2, 0.25) is 0 Å². The molecular weight excluding hydrogens is 322 g/mol. The zero-order valence-corrected chi connectivity index (χ0v) is 14.8. The summed E-state index contributed by atoms with van der Waals surface area (Å²) < 4.78 is 31.3. The molecule has 4 nitrogen and oxygen atoms in total. The normalized spacial score (nSPS) is 26.3. The van der Waals surface area contributed by atoms with E-state index in [0.29, 0.717) is 4.90 Å². The highest BCUT2D eigenvalue weighted by Crippen LogP contribution is 2.55. The maximum absolute atomic E-state index is 13.1. The van der Waals surface area contributed by atoms with Gasteiger partial charge in [0.1, 0.15) is 0 Å². The number of benzene rings is 2. The molecule has 0 amide bonds. The van der Waals surface area contributed by atoms with E-state index < -0.39 is 20.6 Å². The Bertz CT molecular complexity index is 802. The minimum absolute atomic E-state index is 0.212. The van der Waals surface area contributed by atoms with E-state index in [0.717, 1.165) is 12.0 Å². The van der Waals surface area contributed by atoms with Crippen LogP contribution in [0.25, 0.3) is 0 Å². The molecule has 0 aliphatic heterocycles. The van der Waals surface area contributed by atoms with Crippen molar-refractivity contribution in [2.75, 3.05) is 13.7 Å². The van der Waals surface area contributed by atoms with Gasteiger partial charge in [-0.05, 0) is 29.7 Å². The summed E-state index contributed by atoms with van der Waals surface area (Å²) in [7, 11) is -1.96. The second-order valence-corrected chi connectivity index (χ2v) is 8.47. The second-order valence-electron chi connectivity index (χ2n) is 6.40. The number of hydrogen-bond acceptors (Lipinski definition) is 4. The molecular formula is C19H23NO3S. The number of nitrogens with two attached hydrogens (primary N) is 1. The van der Waals surface area contributed by atoms with Gasteiger partial charge in [0.15, 0.2) is 9.84 Å². The van der Waals surface area contributed by atoms with E-state index in [1.165, 1.54) is 5.56 Å². The summed E-state index contributed by atoms with van der Waals surface area (Å²) in [6.07, 6.45) is 0.947. The lowest BCUT2D eigenvalue weighted by molar-refractivity contribution is 0.171. The Labute approximate surface area is 143 Å². The Balaban J connectivity index is 1.99. The first kappa shape index (κ1) is 17.1. The maximum Gasteiger partial charge on any atom is 0.183 e. The van der Waals surface area contributed by atoms with Crippen LogP contribution in [0.5, 0.6) is 0 Å². The lowest BCUT2D eigenvalue weighted by Crippen LogP contribution is -2.35. The highest BCUT2D eigenvalue weighted by molar-refractivity contribution is 7.92. The fourth-order valence-electron chi connectivity index (χ4n) is 3.52. The standard InChI is InChI=1S/C19H23NO3S/c1-3-14-9-11-15(12-10-14)17-18(19(17,20)13-23-2)24(21,22)16-7-5-4-6-8-16/h4-12,17-18H,3,13,20H2,1-2H3/t17-,18+,19-/m1/s1. The lowest BCUT2D eigenvalue weighted by atomic mass is 10.0. The Kier molecular flexibility index (Phi) is 4.51. The van der Waals surface area contributed by atoms with Crippen LogP contribution in [0.15, 0.2) is 59.5 Å². The molecule has 0 spiro atoms. The van der Waals surface area contributed by atoms with Gasteiger partial charge >= 0.3 is 0 Å². The third-order valence-corrected chi connectivity index (χ3v) is 7.16. The minimum atomic E-state index is -3.51. The first-order chi connectivity index (χ1) is 11.4. The zero-order valence-electron chi connectivity index (χ0n) is 14.0. The van der Waals surface area contributed by atoms with Gasteiger partial charge in [-0.25, -0.2) is 8.42 Å². The predicted octanol–water partition coefficient (Wildman–Crippen LogP) is 2.53. The molecule has 5 heteroatoms. The van der Waals surface area contributed by atoms with E-state index in [9.17, 15) is 8.42 Å². The van der Waals surface area contributed by atoms with Crippen LogP contribution in [0.4, 0.5) is 0 Å². The van der Waals surface area contributed by atoms with Crippen LogP contribution in [0.1, 0.15) is 24.0 Å². The van der Waals surface area contributed by atoms with Gasteiger partial charge in [0, 0.05) is 13.0 Å². The monoisotopic (exact) mass is 345 g/mol. The van der Waals surface area contributed by atoms with Crippen LogP contribution in [0.3, 0.4) is 0 Å². The third kappa shape index (κ3) is 2.77. The summed E-state index contributed by atoms with van der Waals surface area (Å²) in [5, 5.41) is -0.667. The highest BCUT2D eigenvalue weighted by atomic mass is 32.2. The van der Waals surface area contributed by atoms with Gasteiger partial charge in [-0.3, -0.25) is 0 Å². The SMILES string of the molecule is CCc1ccc([C@@H]2[C@H](S(=O)(=O)c3ccccc3)[C@@]2(N)COC)cc1. The average Bonchev–Trinajstić information content (AvgIpc) is 3.22. The summed E-state index contributed by atoms with van der Waals surface area (Å²) in [5.74, 6) is -0.256. The van der Waals surface area contributed by atoms with Gasteiger partial charge in [-0.1, -0.05) is 49.4 Å². The molecule has 3 atom stereocenters. The largest absolute Gasteiger partial charge is 0.383 e. The Morgan fingerprint density at radius 2 is 1.71 bits per heavy atom. The maximum atomic E-state index is 13.1. The minimum Gasteiger partial charge on any atom is -0.383 e. The Morgan fingerprint density at radius 1 is 1.08 bits per heavy atom. The van der Waals surface area contributed by atoms with E-state index in [-0.39, 0.29) is 12.5 Å².